The van der Waals surface area contributed by atoms with E-state index in [1.165, 1.54) is 24.3 Å². The van der Waals surface area contributed by atoms with Crippen LogP contribution < -0.4 is 0 Å². The first-order chi connectivity index (χ1) is 12.1. The van der Waals surface area contributed by atoms with Crippen molar-refractivity contribution in [2.75, 3.05) is 6.26 Å². The van der Waals surface area contributed by atoms with E-state index in [9.17, 15) is 21.6 Å². The second-order valence-electron chi connectivity index (χ2n) is 5.58. The molecule has 0 aliphatic rings. The van der Waals surface area contributed by atoms with Crippen LogP contribution in [0.25, 0.3) is 22.6 Å². The summed E-state index contributed by atoms with van der Waals surface area (Å²) in [5.74, 6) is -0.0230. The zero-order valence-corrected chi connectivity index (χ0v) is 14.9. The Balaban J connectivity index is 2.16. The van der Waals surface area contributed by atoms with E-state index < -0.39 is 21.7 Å². The van der Waals surface area contributed by atoms with E-state index in [-0.39, 0.29) is 27.0 Å². The standard InChI is InChI=1S/C17H12ClF3N2O2S/c1-26(24,25)11-8-6-10(7-9-11)14-15(17(19,20)21)23-16(22-14)12-4-2-3-5-13(12)18/h2-9H,1H3,(H,22,23). The summed E-state index contributed by atoms with van der Waals surface area (Å²) < 4.78 is 63.3. The lowest BCUT2D eigenvalue weighted by molar-refractivity contribution is -0.140. The van der Waals surface area contributed by atoms with Crippen LogP contribution in [0.15, 0.2) is 53.4 Å². The number of nitrogens with zero attached hydrogens (tertiary/aromatic N) is 1. The smallest absolute Gasteiger partial charge is 0.334 e. The molecule has 0 fully saturated rings. The molecule has 1 aromatic heterocycles. The Morgan fingerprint density at radius 3 is 2.19 bits per heavy atom. The van der Waals surface area contributed by atoms with Crippen LogP contribution in [0.1, 0.15) is 5.69 Å². The van der Waals surface area contributed by atoms with Gasteiger partial charge in [-0.05, 0) is 24.3 Å². The maximum absolute atomic E-state index is 13.4. The van der Waals surface area contributed by atoms with Crippen molar-refractivity contribution < 1.29 is 21.6 Å². The number of aromatic nitrogens is 2. The van der Waals surface area contributed by atoms with Gasteiger partial charge in [0.25, 0.3) is 0 Å². The van der Waals surface area contributed by atoms with Gasteiger partial charge < -0.3 is 4.98 Å². The van der Waals surface area contributed by atoms with Gasteiger partial charge in [0.1, 0.15) is 17.2 Å². The highest BCUT2D eigenvalue weighted by Crippen LogP contribution is 2.38. The largest absolute Gasteiger partial charge is 0.433 e. The van der Waals surface area contributed by atoms with E-state index in [2.05, 4.69) is 9.97 Å². The maximum atomic E-state index is 13.4. The third-order valence-electron chi connectivity index (χ3n) is 3.67. The molecule has 2 aromatic carbocycles. The van der Waals surface area contributed by atoms with E-state index in [0.29, 0.717) is 5.56 Å². The lowest BCUT2D eigenvalue weighted by atomic mass is 10.1. The number of imidazole rings is 1. The normalized spacial score (nSPS) is 12.3. The van der Waals surface area contributed by atoms with Crippen molar-refractivity contribution in [3.8, 4) is 22.6 Å². The van der Waals surface area contributed by atoms with Crippen molar-refractivity contribution >= 4 is 21.4 Å². The van der Waals surface area contributed by atoms with Crippen LogP contribution in [0.2, 0.25) is 5.02 Å². The van der Waals surface area contributed by atoms with Crippen molar-refractivity contribution in [1.82, 2.24) is 9.97 Å². The van der Waals surface area contributed by atoms with Crippen LogP contribution in [0, 0.1) is 0 Å². The van der Waals surface area contributed by atoms with Gasteiger partial charge in [-0.2, -0.15) is 13.2 Å². The monoisotopic (exact) mass is 400 g/mol. The molecule has 0 radical (unpaired) electrons. The fraction of sp³-hybridized carbons (Fsp3) is 0.118. The molecule has 136 valence electrons. The number of alkyl halides is 3. The summed E-state index contributed by atoms with van der Waals surface area (Å²) in [6.07, 6.45) is -3.65. The Bertz CT molecular complexity index is 1060. The molecule has 0 amide bonds. The van der Waals surface area contributed by atoms with Crippen molar-refractivity contribution in [1.29, 1.82) is 0 Å². The molecule has 0 saturated heterocycles. The molecule has 4 nitrogen and oxygen atoms in total. The lowest BCUT2D eigenvalue weighted by Gasteiger charge is -2.07. The molecule has 3 aromatic rings. The van der Waals surface area contributed by atoms with Gasteiger partial charge in [-0.15, -0.1) is 0 Å². The van der Waals surface area contributed by atoms with Gasteiger partial charge in [-0.1, -0.05) is 35.9 Å². The van der Waals surface area contributed by atoms with Crippen LogP contribution in [-0.2, 0) is 16.0 Å². The molecule has 1 N–H and O–H groups in total. The summed E-state index contributed by atoms with van der Waals surface area (Å²) >= 11 is 6.04. The second kappa shape index (κ2) is 6.44. The van der Waals surface area contributed by atoms with Crippen molar-refractivity contribution in [2.45, 2.75) is 11.1 Å². The van der Waals surface area contributed by atoms with Gasteiger partial charge in [0.15, 0.2) is 9.84 Å². The highest BCUT2D eigenvalue weighted by molar-refractivity contribution is 7.90. The van der Waals surface area contributed by atoms with Crippen LogP contribution in [-0.4, -0.2) is 24.6 Å². The molecule has 0 spiro atoms. The average molecular weight is 401 g/mol. The summed E-state index contributed by atoms with van der Waals surface area (Å²) in [5, 5.41) is 0.258. The predicted octanol–water partition coefficient (Wildman–Crippen LogP) is 4.82. The maximum Gasteiger partial charge on any atom is 0.433 e. The van der Waals surface area contributed by atoms with Gasteiger partial charge >= 0.3 is 6.18 Å². The number of rotatable bonds is 3. The fourth-order valence-corrected chi connectivity index (χ4v) is 3.28. The van der Waals surface area contributed by atoms with Crippen LogP contribution in [0.4, 0.5) is 13.2 Å². The van der Waals surface area contributed by atoms with Crippen LogP contribution >= 0.6 is 11.6 Å². The fourth-order valence-electron chi connectivity index (χ4n) is 2.43. The molecule has 9 heteroatoms. The number of hydrogen-bond donors (Lipinski definition) is 1. The number of hydrogen-bond acceptors (Lipinski definition) is 3. The number of benzene rings is 2. The lowest BCUT2D eigenvalue weighted by Crippen LogP contribution is -2.07. The topological polar surface area (TPSA) is 62.8 Å². The molecule has 1 heterocycles. The molecule has 0 aliphatic heterocycles. The van der Waals surface area contributed by atoms with Crippen molar-refractivity contribution in [3.63, 3.8) is 0 Å². The molecule has 0 saturated carbocycles. The molecule has 0 atom stereocenters. The molecule has 0 aliphatic carbocycles. The van der Waals surface area contributed by atoms with Crippen molar-refractivity contribution in [2.24, 2.45) is 0 Å². The van der Waals surface area contributed by atoms with E-state index in [4.69, 9.17) is 11.6 Å². The van der Waals surface area contributed by atoms with E-state index in [1.807, 2.05) is 0 Å². The van der Waals surface area contributed by atoms with Gasteiger partial charge in [-0.3, -0.25) is 0 Å². The first kappa shape index (κ1) is 18.5. The number of halogens is 4. The predicted molar refractivity (Wildman–Crippen MR) is 92.6 cm³/mol. The second-order valence-corrected chi connectivity index (χ2v) is 8.01. The van der Waals surface area contributed by atoms with Gasteiger partial charge in [0.05, 0.1) is 9.92 Å². The minimum atomic E-state index is -4.67. The minimum Gasteiger partial charge on any atom is -0.334 e. The molecule has 0 unspecified atom stereocenters. The van der Waals surface area contributed by atoms with E-state index >= 15 is 0 Å². The van der Waals surface area contributed by atoms with E-state index in [1.54, 1.807) is 24.3 Å². The number of nitrogens with one attached hydrogen (secondary N) is 1. The van der Waals surface area contributed by atoms with Gasteiger partial charge in [0.2, 0.25) is 0 Å². The first-order valence-corrected chi connectivity index (χ1v) is 9.57. The van der Waals surface area contributed by atoms with E-state index in [0.717, 1.165) is 6.26 Å². The number of H-pyrrole nitrogens is 1. The summed E-state index contributed by atoms with van der Waals surface area (Å²) in [6.45, 7) is 0. The summed E-state index contributed by atoms with van der Waals surface area (Å²) in [4.78, 5) is 6.35. The third-order valence-corrected chi connectivity index (χ3v) is 5.13. The zero-order chi connectivity index (χ0) is 19.1. The summed E-state index contributed by atoms with van der Waals surface area (Å²) in [5.41, 5.74) is -0.884. The first-order valence-electron chi connectivity index (χ1n) is 7.30. The number of aromatic amines is 1. The average Bonchev–Trinajstić information content (AvgIpc) is 3.00. The third kappa shape index (κ3) is 3.61. The Hall–Kier alpha value is -2.32. The summed E-state index contributed by atoms with van der Waals surface area (Å²) in [6, 6.07) is 11.5. The van der Waals surface area contributed by atoms with Crippen LogP contribution in [0.5, 0.6) is 0 Å². The van der Waals surface area contributed by atoms with Gasteiger partial charge in [0, 0.05) is 17.4 Å². The van der Waals surface area contributed by atoms with Crippen LogP contribution in [0.3, 0.4) is 0 Å². The minimum absolute atomic E-state index is 0.0108. The molecule has 26 heavy (non-hydrogen) atoms. The highest BCUT2D eigenvalue weighted by atomic mass is 35.5. The highest BCUT2D eigenvalue weighted by Gasteiger charge is 2.37. The molecule has 0 bridgehead atoms. The Labute approximate surface area is 152 Å². The quantitative estimate of drug-likeness (QED) is 0.685. The Kier molecular flexibility index (Phi) is 4.58. The SMILES string of the molecule is CS(=O)(=O)c1ccc(-c2nc(-c3ccccc3Cl)[nH]c2C(F)(F)F)cc1. The number of sulfone groups is 1. The summed E-state index contributed by atoms with van der Waals surface area (Å²) in [7, 11) is -3.45. The Morgan fingerprint density at radius 2 is 1.65 bits per heavy atom. The Morgan fingerprint density at radius 1 is 1.04 bits per heavy atom. The molecule has 3 rings (SSSR count). The molecular weight excluding hydrogens is 389 g/mol. The molecular formula is C17H12ClF3N2O2S. The van der Waals surface area contributed by atoms with Crippen molar-refractivity contribution in [3.05, 3.63) is 59.2 Å². The van der Waals surface area contributed by atoms with Gasteiger partial charge in [-0.25, -0.2) is 13.4 Å². The zero-order valence-electron chi connectivity index (χ0n) is 13.3.